The summed E-state index contributed by atoms with van der Waals surface area (Å²) in [4.78, 5) is 38.0. The van der Waals surface area contributed by atoms with E-state index in [1.807, 2.05) is 37.4 Å². The van der Waals surface area contributed by atoms with Crippen molar-refractivity contribution in [3.05, 3.63) is 41.6 Å². The molecule has 2 aromatic rings. The lowest BCUT2D eigenvalue weighted by Crippen LogP contribution is -2.54. The molecule has 3 rings (SSSR count). The SMILES string of the molecule is CCCCN1C(=O)NC(=O)C(=Cc2cn(CCC)c3ccccc23)C1=O. The van der Waals surface area contributed by atoms with Gasteiger partial charge in [-0.3, -0.25) is 19.8 Å². The van der Waals surface area contributed by atoms with Crippen molar-refractivity contribution in [2.75, 3.05) is 6.54 Å². The van der Waals surface area contributed by atoms with Gasteiger partial charge in [0.1, 0.15) is 5.57 Å². The molecule has 1 fully saturated rings. The van der Waals surface area contributed by atoms with Crippen molar-refractivity contribution >= 4 is 34.8 Å². The second-order valence-corrected chi connectivity index (χ2v) is 6.42. The van der Waals surface area contributed by atoms with E-state index in [-0.39, 0.29) is 5.57 Å². The molecule has 0 unspecified atom stereocenters. The standard InChI is InChI=1S/C20H23N3O3/c1-3-5-11-23-19(25)16(18(24)21-20(23)26)12-14-13-22(10-4-2)17-9-7-6-8-15(14)17/h6-9,12-13H,3-5,10-11H2,1-2H3,(H,21,24,26). The molecule has 2 heterocycles. The van der Waals surface area contributed by atoms with Crippen LogP contribution in [0.2, 0.25) is 0 Å². The van der Waals surface area contributed by atoms with E-state index in [9.17, 15) is 14.4 Å². The van der Waals surface area contributed by atoms with Crippen LogP contribution in [0.25, 0.3) is 17.0 Å². The zero-order valence-electron chi connectivity index (χ0n) is 15.1. The number of benzene rings is 1. The van der Waals surface area contributed by atoms with E-state index < -0.39 is 17.8 Å². The molecule has 1 saturated heterocycles. The number of nitrogens with one attached hydrogen (secondary N) is 1. The number of carbonyl (C=O) groups excluding carboxylic acids is 3. The summed E-state index contributed by atoms with van der Waals surface area (Å²) in [7, 11) is 0. The van der Waals surface area contributed by atoms with Gasteiger partial charge in [0, 0.05) is 35.8 Å². The molecular weight excluding hydrogens is 330 g/mol. The molecule has 26 heavy (non-hydrogen) atoms. The molecule has 1 aromatic carbocycles. The minimum absolute atomic E-state index is 0.0000968. The second kappa shape index (κ2) is 7.56. The van der Waals surface area contributed by atoms with E-state index >= 15 is 0 Å². The predicted molar refractivity (Wildman–Crippen MR) is 100 cm³/mol. The molecule has 0 bridgehead atoms. The lowest BCUT2D eigenvalue weighted by molar-refractivity contribution is -0.130. The molecular formula is C20H23N3O3. The van der Waals surface area contributed by atoms with Gasteiger partial charge in [-0.25, -0.2) is 4.79 Å². The largest absolute Gasteiger partial charge is 0.347 e. The number of hydrogen-bond donors (Lipinski definition) is 1. The third-order valence-corrected chi connectivity index (χ3v) is 4.50. The van der Waals surface area contributed by atoms with Crippen molar-refractivity contribution in [2.24, 2.45) is 0 Å². The van der Waals surface area contributed by atoms with Crippen LogP contribution >= 0.6 is 0 Å². The molecule has 1 aromatic heterocycles. The Morgan fingerprint density at radius 2 is 1.81 bits per heavy atom. The van der Waals surface area contributed by atoms with E-state index in [0.717, 1.165) is 40.8 Å². The Hall–Kier alpha value is -2.89. The summed E-state index contributed by atoms with van der Waals surface area (Å²) in [6, 6.07) is 7.25. The van der Waals surface area contributed by atoms with Crippen LogP contribution in [0.5, 0.6) is 0 Å². The quantitative estimate of drug-likeness (QED) is 0.640. The molecule has 6 nitrogen and oxygen atoms in total. The number of aromatic nitrogens is 1. The summed E-state index contributed by atoms with van der Waals surface area (Å²) in [5.74, 6) is -1.17. The van der Waals surface area contributed by atoms with Crippen LogP contribution in [-0.4, -0.2) is 33.9 Å². The Kier molecular flexibility index (Phi) is 5.21. The maximum Gasteiger partial charge on any atom is 0.331 e. The molecule has 1 aliphatic rings. The van der Waals surface area contributed by atoms with Gasteiger partial charge in [0.2, 0.25) is 0 Å². The smallest absolute Gasteiger partial charge is 0.331 e. The van der Waals surface area contributed by atoms with Crippen LogP contribution in [0.4, 0.5) is 4.79 Å². The number of aryl methyl sites for hydroxylation is 1. The van der Waals surface area contributed by atoms with Crippen LogP contribution in [-0.2, 0) is 16.1 Å². The number of carbonyl (C=O) groups is 3. The Morgan fingerprint density at radius 1 is 1.04 bits per heavy atom. The number of rotatable bonds is 6. The van der Waals surface area contributed by atoms with Gasteiger partial charge in [0.05, 0.1) is 0 Å². The van der Waals surface area contributed by atoms with Crippen LogP contribution in [0, 0.1) is 0 Å². The third kappa shape index (κ3) is 3.27. The number of nitrogens with zero attached hydrogens (tertiary/aromatic N) is 2. The van der Waals surface area contributed by atoms with Gasteiger partial charge in [-0.05, 0) is 25.0 Å². The average molecular weight is 353 g/mol. The van der Waals surface area contributed by atoms with E-state index in [2.05, 4.69) is 16.8 Å². The first-order valence-corrected chi connectivity index (χ1v) is 9.03. The molecule has 0 aliphatic carbocycles. The van der Waals surface area contributed by atoms with E-state index in [1.165, 1.54) is 0 Å². The van der Waals surface area contributed by atoms with Crippen LogP contribution in [0.1, 0.15) is 38.7 Å². The van der Waals surface area contributed by atoms with Crippen LogP contribution < -0.4 is 5.32 Å². The van der Waals surface area contributed by atoms with Gasteiger partial charge in [-0.1, -0.05) is 38.5 Å². The molecule has 0 saturated carbocycles. The topological polar surface area (TPSA) is 71.4 Å². The summed E-state index contributed by atoms with van der Waals surface area (Å²) in [5, 5.41) is 3.25. The lowest BCUT2D eigenvalue weighted by atomic mass is 10.1. The van der Waals surface area contributed by atoms with Gasteiger partial charge in [0.25, 0.3) is 11.8 Å². The number of fused-ring (bicyclic) bond motifs is 1. The number of para-hydroxylation sites is 1. The number of imide groups is 2. The van der Waals surface area contributed by atoms with Gasteiger partial charge in [-0.15, -0.1) is 0 Å². The second-order valence-electron chi connectivity index (χ2n) is 6.42. The summed E-state index contributed by atoms with van der Waals surface area (Å²) in [6.45, 7) is 5.24. The molecule has 4 amide bonds. The Labute approximate surface area is 152 Å². The summed E-state index contributed by atoms with van der Waals surface area (Å²) in [5.41, 5.74) is 1.86. The van der Waals surface area contributed by atoms with Crippen LogP contribution in [0.3, 0.4) is 0 Å². The summed E-state index contributed by atoms with van der Waals surface area (Å²) in [6.07, 6.45) is 6.09. The minimum Gasteiger partial charge on any atom is -0.347 e. The van der Waals surface area contributed by atoms with Crippen molar-refractivity contribution in [2.45, 2.75) is 39.7 Å². The number of unbranched alkanes of at least 4 members (excludes halogenated alkanes) is 1. The fourth-order valence-corrected chi connectivity index (χ4v) is 3.18. The van der Waals surface area contributed by atoms with Crippen molar-refractivity contribution in [1.29, 1.82) is 0 Å². The Morgan fingerprint density at radius 3 is 2.54 bits per heavy atom. The first-order chi connectivity index (χ1) is 12.6. The number of hydrogen-bond acceptors (Lipinski definition) is 3. The molecule has 0 atom stereocenters. The zero-order valence-corrected chi connectivity index (χ0v) is 15.1. The van der Waals surface area contributed by atoms with Crippen molar-refractivity contribution in [3.63, 3.8) is 0 Å². The fourth-order valence-electron chi connectivity index (χ4n) is 3.18. The first kappa shape index (κ1) is 17.9. The predicted octanol–water partition coefficient (Wildman–Crippen LogP) is 3.31. The summed E-state index contributed by atoms with van der Waals surface area (Å²) >= 11 is 0. The molecule has 0 spiro atoms. The average Bonchev–Trinajstić information content (AvgIpc) is 2.97. The van der Waals surface area contributed by atoms with Crippen LogP contribution in [0.15, 0.2) is 36.0 Å². The highest BCUT2D eigenvalue weighted by molar-refractivity contribution is 6.31. The molecule has 6 heteroatoms. The van der Waals surface area contributed by atoms with E-state index in [1.54, 1.807) is 6.08 Å². The molecule has 1 aliphatic heterocycles. The highest BCUT2D eigenvalue weighted by atomic mass is 16.2. The van der Waals surface area contributed by atoms with E-state index in [4.69, 9.17) is 0 Å². The third-order valence-electron chi connectivity index (χ3n) is 4.50. The molecule has 1 N–H and O–H groups in total. The monoisotopic (exact) mass is 353 g/mol. The molecule has 136 valence electrons. The minimum atomic E-state index is -0.640. The van der Waals surface area contributed by atoms with Gasteiger partial charge >= 0.3 is 6.03 Å². The van der Waals surface area contributed by atoms with Crippen molar-refractivity contribution in [1.82, 2.24) is 14.8 Å². The van der Waals surface area contributed by atoms with Gasteiger partial charge in [0.15, 0.2) is 0 Å². The summed E-state index contributed by atoms with van der Waals surface area (Å²) < 4.78 is 2.12. The maximum absolute atomic E-state index is 12.7. The van der Waals surface area contributed by atoms with Gasteiger partial charge < -0.3 is 4.57 Å². The number of urea groups is 1. The lowest BCUT2D eigenvalue weighted by Gasteiger charge is -2.26. The Bertz CT molecular complexity index is 895. The number of amides is 4. The molecule has 0 radical (unpaired) electrons. The van der Waals surface area contributed by atoms with Crippen molar-refractivity contribution < 1.29 is 14.4 Å². The first-order valence-electron chi connectivity index (χ1n) is 9.03. The normalized spacial score (nSPS) is 16.6. The zero-order chi connectivity index (χ0) is 18.7. The number of barbiturate groups is 1. The fraction of sp³-hybridized carbons (Fsp3) is 0.350. The maximum atomic E-state index is 12.7. The highest BCUT2D eigenvalue weighted by Crippen LogP contribution is 2.25. The highest BCUT2D eigenvalue weighted by Gasteiger charge is 2.35. The Balaban J connectivity index is 2.03. The van der Waals surface area contributed by atoms with Crippen molar-refractivity contribution in [3.8, 4) is 0 Å². The van der Waals surface area contributed by atoms with Gasteiger partial charge in [-0.2, -0.15) is 0 Å². The van der Waals surface area contributed by atoms with E-state index in [0.29, 0.717) is 13.0 Å².